The lowest BCUT2D eigenvalue weighted by molar-refractivity contribution is 0.0939. The van der Waals surface area contributed by atoms with Crippen LogP contribution in [0.15, 0.2) is 29.2 Å². The number of hydrogen-bond acceptors (Lipinski definition) is 4. The molecule has 0 bridgehead atoms. The molecule has 0 aliphatic heterocycles. The lowest BCUT2D eigenvalue weighted by Gasteiger charge is -2.30. The maximum Gasteiger partial charge on any atom is 0.251 e. The van der Waals surface area contributed by atoms with E-state index in [1.54, 1.807) is 25.2 Å². The molecule has 7 heteroatoms. The van der Waals surface area contributed by atoms with Crippen LogP contribution in [-0.2, 0) is 10.0 Å². The standard InChI is InChI=1S/C21H33N3O3S/c1-16(23(2)18-12-13-18)15-22-21(25)17-8-7-11-20(14-17)28(26,27)24(3)19-9-5-4-6-10-19/h7-8,11,14,16,18-19H,4-6,9-10,12-13,15H2,1-3H3,(H,22,25). The van der Waals surface area contributed by atoms with Crippen LogP contribution in [0.2, 0.25) is 0 Å². The van der Waals surface area contributed by atoms with Gasteiger partial charge in [0.15, 0.2) is 0 Å². The molecule has 0 heterocycles. The molecule has 1 amide bonds. The van der Waals surface area contributed by atoms with Crippen molar-refractivity contribution >= 4 is 15.9 Å². The molecule has 2 aliphatic carbocycles. The fourth-order valence-corrected chi connectivity index (χ4v) is 5.40. The van der Waals surface area contributed by atoms with Gasteiger partial charge in [-0.25, -0.2) is 8.42 Å². The second kappa shape index (κ2) is 8.93. The summed E-state index contributed by atoms with van der Waals surface area (Å²) in [5, 5.41) is 2.94. The van der Waals surface area contributed by atoms with Gasteiger partial charge < -0.3 is 5.32 Å². The van der Waals surface area contributed by atoms with Crippen LogP contribution in [0, 0.1) is 0 Å². The molecular formula is C21H33N3O3S. The molecule has 1 aromatic rings. The van der Waals surface area contributed by atoms with Crippen molar-refractivity contribution in [3.05, 3.63) is 29.8 Å². The van der Waals surface area contributed by atoms with E-state index >= 15 is 0 Å². The van der Waals surface area contributed by atoms with Crippen LogP contribution in [0.3, 0.4) is 0 Å². The third-order valence-electron chi connectivity index (χ3n) is 6.24. The monoisotopic (exact) mass is 407 g/mol. The van der Waals surface area contributed by atoms with Crippen molar-refractivity contribution in [1.29, 1.82) is 0 Å². The van der Waals surface area contributed by atoms with Crippen LogP contribution >= 0.6 is 0 Å². The van der Waals surface area contributed by atoms with Gasteiger partial charge >= 0.3 is 0 Å². The summed E-state index contributed by atoms with van der Waals surface area (Å²) >= 11 is 0. The highest BCUT2D eigenvalue weighted by molar-refractivity contribution is 7.89. The van der Waals surface area contributed by atoms with E-state index in [-0.39, 0.29) is 22.9 Å². The van der Waals surface area contributed by atoms with Crippen LogP contribution in [0.1, 0.15) is 62.2 Å². The molecule has 1 aromatic carbocycles. The lowest BCUT2D eigenvalue weighted by Crippen LogP contribution is -2.41. The Morgan fingerprint density at radius 3 is 2.43 bits per heavy atom. The smallest absolute Gasteiger partial charge is 0.251 e. The fraction of sp³-hybridized carbons (Fsp3) is 0.667. The minimum atomic E-state index is -3.60. The Balaban J connectivity index is 1.65. The van der Waals surface area contributed by atoms with Crippen molar-refractivity contribution < 1.29 is 13.2 Å². The molecule has 156 valence electrons. The maximum atomic E-state index is 13.0. The number of carbonyl (C=O) groups is 1. The summed E-state index contributed by atoms with van der Waals surface area (Å²) in [6.45, 7) is 2.64. The van der Waals surface area contributed by atoms with Gasteiger partial charge in [-0.2, -0.15) is 4.31 Å². The summed E-state index contributed by atoms with van der Waals surface area (Å²) < 4.78 is 27.6. The first-order valence-electron chi connectivity index (χ1n) is 10.4. The molecule has 1 atom stereocenters. The summed E-state index contributed by atoms with van der Waals surface area (Å²) in [6, 6.07) is 7.33. The van der Waals surface area contributed by atoms with Crippen LogP contribution in [-0.4, -0.2) is 62.3 Å². The molecular weight excluding hydrogens is 374 g/mol. The third kappa shape index (κ3) is 4.93. The first-order chi connectivity index (χ1) is 13.3. The summed E-state index contributed by atoms with van der Waals surface area (Å²) in [5.41, 5.74) is 0.388. The van der Waals surface area contributed by atoms with E-state index in [0.29, 0.717) is 18.2 Å². The second-order valence-corrected chi connectivity index (χ2v) is 10.3. The zero-order valence-corrected chi connectivity index (χ0v) is 18.0. The van der Waals surface area contributed by atoms with Gasteiger partial charge in [0.1, 0.15) is 0 Å². The SMILES string of the molecule is CC(CNC(=O)c1cccc(S(=O)(=O)N(C)C2CCCCC2)c1)N(C)C1CC1. The number of benzene rings is 1. The number of likely N-dealkylation sites (N-methyl/N-ethyl adjacent to an activating group) is 1. The van der Waals surface area contributed by atoms with Crippen molar-refractivity contribution in [1.82, 2.24) is 14.5 Å². The Morgan fingerprint density at radius 2 is 1.79 bits per heavy atom. The molecule has 0 aromatic heterocycles. The third-order valence-corrected chi connectivity index (χ3v) is 8.14. The zero-order valence-electron chi connectivity index (χ0n) is 17.2. The Labute approximate surface area is 169 Å². The first-order valence-corrected chi connectivity index (χ1v) is 11.8. The minimum absolute atomic E-state index is 0.0510. The number of hydrogen-bond donors (Lipinski definition) is 1. The molecule has 6 nitrogen and oxygen atoms in total. The van der Waals surface area contributed by atoms with Crippen LogP contribution in [0.5, 0.6) is 0 Å². The number of rotatable bonds is 8. The van der Waals surface area contributed by atoms with Crippen LogP contribution in [0.25, 0.3) is 0 Å². The predicted octanol–water partition coefficient (Wildman–Crippen LogP) is 2.85. The normalized spacial score (nSPS) is 19.8. The number of nitrogens with zero attached hydrogens (tertiary/aromatic N) is 2. The topological polar surface area (TPSA) is 69.7 Å². The molecule has 2 saturated carbocycles. The Kier molecular flexibility index (Phi) is 6.78. The van der Waals surface area contributed by atoms with Gasteiger partial charge in [-0.3, -0.25) is 9.69 Å². The average molecular weight is 408 g/mol. The van der Waals surface area contributed by atoms with E-state index in [2.05, 4.69) is 24.2 Å². The van der Waals surface area contributed by atoms with Gasteiger partial charge in [-0.1, -0.05) is 25.3 Å². The summed E-state index contributed by atoms with van der Waals surface area (Å²) in [5.74, 6) is -0.228. The number of nitrogens with one attached hydrogen (secondary N) is 1. The molecule has 28 heavy (non-hydrogen) atoms. The molecule has 1 unspecified atom stereocenters. The first kappa shape index (κ1) is 21.3. The van der Waals surface area contributed by atoms with Crippen molar-refractivity contribution in [3.63, 3.8) is 0 Å². The Bertz CT molecular complexity index is 786. The van der Waals surface area contributed by atoms with Gasteiger partial charge in [0.25, 0.3) is 5.91 Å². The number of sulfonamides is 1. The quantitative estimate of drug-likeness (QED) is 0.719. The largest absolute Gasteiger partial charge is 0.350 e. The fourth-order valence-electron chi connectivity index (χ4n) is 3.93. The van der Waals surface area contributed by atoms with Crippen LogP contribution < -0.4 is 5.32 Å². The van der Waals surface area contributed by atoms with Gasteiger partial charge in [0.05, 0.1) is 4.90 Å². The van der Waals surface area contributed by atoms with Gasteiger partial charge in [0.2, 0.25) is 10.0 Å². The van der Waals surface area contributed by atoms with Crippen molar-refractivity contribution in [2.75, 3.05) is 20.6 Å². The average Bonchev–Trinajstić information content (AvgIpc) is 3.56. The van der Waals surface area contributed by atoms with Gasteiger partial charge in [0, 0.05) is 37.3 Å². The van der Waals surface area contributed by atoms with E-state index in [1.165, 1.54) is 29.6 Å². The van der Waals surface area contributed by atoms with E-state index in [9.17, 15) is 13.2 Å². The molecule has 0 radical (unpaired) electrons. The molecule has 1 N–H and O–H groups in total. The highest BCUT2D eigenvalue weighted by atomic mass is 32.2. The summed E-state index contributed by atoms with van der Waals surface area (Å²) in [4.78, 5) is 15.1. The van der Waals surface area contributed by atoms with Crippen LogP contribution in [0.4, 0.5) is 0 Å². The van der Waals surface area contributed by atoms with E-state index in [1.807, 2.05) is 0 Å². The maximum absolute atomic E-state index is 13.0. The predicted molar refractivity (Wildman–Crippen MR) is 111 cm³/mol. The summed E-state index contributed by atoms with van der Waals surface area (Å²) in [7, 11) is 0.149. The van der Waals surface area contributed by atoms with E-state index < -0.39 is 10.0 Å². The second-order valence-electron chi connectivity index (χ2n) is 8.30. The van der Waals surface area contributed by atoms with E-state index in [4.69, 9.17) is 0 Å². The molecule has 2 fully saturated rings. The zero-order chi connectivity index (χ0) is 20.3. The summed E-state index contributed by atoms with van der Waals surface area (Å²) in [6.07, 6.45) is 7.58. The highest BCUT2D eigenvalue weighted by Crippen LogP contribution is 2.27. The van der Waals surface area contributed by atoms with E-state index in [0.717, 1.165) is 25.7 Å². The molecule has 3 rings (SSSR count). The molecule has 2 aliphatic rings. The highest BCUT2D eigenvalue weighted by Gasteiger charge is 2.30. The van der Waals surface area contributed by atoms with Gasteiger partial charge in [-0.05, 0) is 57.9 Å². The van der Waals surface area contributed by atoms with Gasteiger partial charge in [-0.15, -0.1) is 0 Å². The van der Waals surface area contributed by atoms with Crippen molar-refractivity contribution in [2.45, 2.75) is 74.9 Å². The molecule has 0 spiro atoms. The Morgan fingerprint density at radius 1 is 1.11 bits per heavy atom. The number of amides is 1. The number of carbonyl (C=O) groups excluding carboxylic acids is 1. The van der Waals surface area contributed by atoms with Crippen molar-refractivity contribution in [3.8, 4) is 0 Å². The lowest BCUT2D eigenvalue weighted by atomic mass is 9.96. The van der Waals surface area contributed by atoms with Crippen molar-refractivity contribution in [2.24, 2.45) is 0 Å². The minimum Gasteiger partial charge on any atom is -0.350 e. The Hall–Kier alpha value is -1.44. The molecule has 0 saturated heterocycles.